The summed E-state index contributed by atoms with van der Waals surface area (Å²) in [6.07, 6.45) is 5.99. The smallest absolute Gasteiger partial charge is 0.217 e. The lowest BCUT2D eigenvalue weighted by molar-refractivity contribution is 0.389. The first-order valence-corrected chi connectivity index (χ1v) is 8.84. The third kappa shape index (κ3) is 3.25. The number of nitrogens with zero attached hydrogens (tertiary/aromatic N) is 1. The molecule has 18 heavy (non-hydrogen) atoms. The second kappa shape index (κ2) is 6.35. The minimum Gasteiger partial charge on any atom is -0.317 e. The normalized spacial score (nSPS) is 29.1. The van der Waals surface area contributed by atoms with Gasteiger partial charge in [-0.2, -0.15) is 0 Å². The monoisotopic (exact) mass is 274 g/mol. The molecule has 2 aliphatic heterocycles. The van der Waals surface area contributed by atoms with Crippen LogP contribution in [0.25, 0.3) is 0 Å². The van der Waals surface area contributed by atoms with E-state index in [-0.39, 0.29) is 5.25 Å². The van der Waals surface area contributed by atoms with Gasteiger partial charge < -0.3 is 5.32 Å². The maximum absolute atomic E-state index is 12.6. The van der Waals surface area contributed by atoms with Gasteiger partial charge in [0.25, 0.3) is 0 Å². The highest BCUT2D eigenvalue weighted by atomic mass is 32.2. The van der Waals surface area contributed by atoms with Crippen LogP contribution < -0.4 is 5.32 Å². The van der Waals surface area contributed by atoms with E-state index >= 15 is 0 Å². The molecule has 0 amide bonds. The Kier molecular flexibility index (Phi) is 5.04. The van der Waals surface area contributed by atoms with Gasteiger partial charge in [0.05, 0.1) is 5.25 Å². The highest BCUT2D eigenvalue weighted by molar-refractivity contribution is 7.89. The Labute approximate surface area is 111 Å². The van der Waals surface area contributed by atoms with Gasteiger partial charge in [-0.1, -0.05) is 13.3 Å². The summed E-state index contributed by atoms with van der Waals surface area (Å²) in [4.78, 5) is 0. The molecular formula is C13H26N2O2S. The number of piperidine rings is 1. The fourth-order valence-electron chi connectivity index (χ4n) is 3.11. The summed E-state index contributed by atoms with van der Waals surface area (Å²) < 4.78 is 26.9. The molecule has 0 aromatic rings. The first kappa shape index (κ1) is 14.3. The van der Waals surface area contributed by atoms with Crippen molar-refractivity contribution in [3.05, 3.63) is 0 Å². The lowest BCUT2D eigenvalue weighted by Gasteiger charge is -2.29. The molecule has 2 fully saturated rings. The van der Waals surface area contributed by atoms with Gasteiger partial charge in [0.1, 0.15) is 0 Å². The number of hydrogen-bond donors (Lipinski definition) is 1. The Morgan fingerprint density at radius 3 is 2.50 bits per heavy atom. The average Bonchev–Trinajstić information content (AvgIpc) is 2.65. The predicted molar refractivity (Wildman–Crippen MR) is 74.0 cm³/mol. The van der Waals surface area contributed by atoms with E-state index in [4.69, 9.17) is 0 Å². The van der Waals surface area contributed by atoms with Crippen molar-refractivity contribution in [2.24, 2.45) is 5.92 Å². The number of nitrogens with one attached hydrogen (secondary N) is 1. The van der Waals surface area contributed by atoms with Gasteiger partial charge in [0.2, 0.25) is 10.0 Å². The van der Waals surface area contributed by atoms with Crippen molar-refractivity contribution in [1.82, 2.24) is 9.62 Å². The maximum atomic E-state index is 12.6. The average molecular weight is 274 g/mol. The van der Waals surface area contributed by atoms with Crippen LogP contribution in [0.5, 0.6) is 0 Å². The molecule has 2 rings (SSSR count). The zero-order valence-electron chi connectivity index (χ0n) is 11.4. The minimum absolute atomic E-state index is 0.142. The molecule has 2 heterocycles. The third-order valence-corrected chi connectivity index (χ3v) is 6.85. The molecule has 2 aliphatic rings. The molecular weight excluding hydrogens is 248 g/mol. The van der Waals surface area contributed by atoms with Crippen LogP contribution in [0.3, 0.4) is 0 Å². The largest absolute Gasteiger partial charge is 0.317 e. The van der Waals surface area contributed by atoms with Crippen LogP contribution in [0.15, 0.2) is 0 Å². The van der Waals surface area contributed by atoms with Crippen molar-refractivity contribution in [2.45, 2.75) is 50.7 Å². The van der Waals surface area contributed by atoms with Crippen molar-refractivity contribution >= 4 is 10.0 Å². The Balaban J connectivity index is 2.00. The molecule has 0 spiro atoms. The van der Waals surface area contributed by atoms with Gasteiger partial charge >= 0.3 is 0 Å². The van der Waals surface area contributed by atoms with Crippen molar-refractivity contribution in [2.75, 3.05) is 26.2 Å². The van der Waals surface area contributed by atoms with Crippen LogP contribution in [0.4, 0.5) is 0 Å². The van der Waals surface area contributed by atoms with E-state index in [1.54, 1.807) is 4.31 Å². The van der Waals surface area contributed by atoms with Crippen LogP contribution >= 0.6 is 0 Å². The molecule has 4 nitrogen and oxygen atoms in total. The Hall–Kier alpha value is -0.130. The summed E-state index contributed by atoms with van der Waals surface area (Å²) in [7, 11) is -3.05. The van der Waals surface area contributed by atoms with E-state index in [1.807, 2.05) is 0 Å². The molecule has 0 saturated carbocycles. The molecule has 1 unspecified atom stereocenters. The van der Waals surface area contributed by atoms with E-state index in [2.05, 4.69) is 12.2 Å². The highest BCUT2D eigenvalue weighted by Gasteiger charge is 2.33. The topological polar surface area (TPSA) is 49.4 Å². The van der Waals surface area contributed by atoms with E-state index in [0.717, 1.165) is 57.8 Å². The molecule has 2 saturated heterocycles. The number of hydrogen-bond acceptors (Lipinski definition) is 3. The zero-order valence-corrected chi connectivity index (χ0v) is 12.2. The molecule has 0 aromatic carbocycles. The van der Waals surface area contributed by atoms with Crippen molar-refractivity contribution in [3.63, 3.8) is 0 Å². The fraction of sp³-hybridized carbons (Fsp3) is 1.00. The molecule has 1 N–H and O–H groups in total. The first-order chi connectivity index (χ1) is 8.64. The van der Waals surface area contributed by atoms with Crippen LogP contribution in [-0.4, -0.2) is 44.2 Å². The van der Waals surface area contributed by atoms with Crippen molar-refractivity contribution in [3.8, 4) is 0 Å². The quantitative estimate of drug-likeness (QED) is 0.850. The van der Waals surface area contributed by atoms with Gasteiger partial charge in [0.15, 0.2) is 0 Å². The second-order valence-electron chi connectivity index (χ2n) is 5.60. The Bertz CT molecular complexity index is 350. The van der Waals surface area contributed by atoms with Crippen molar-refractivity contribution < 1.29 is 8.42 Å². The summed E-state index contributed by atoms with van der Waals surface area (Å²) in [5.74, 6) is 0.721. The Morgan fingerprint density at radius 1 is 1.11 bits per heavy atom. The van der Waals surface area contributed by atoms with Gasteiger partial charge in [-0.3, -0.25) is 0 Å². The number of sulfonamides is 1. The van der Waals surface area contributed by atoms with Gasteiger partial charge in [-0.15, -0.1) is 0 Å². The van der Waals surface area contributed by atoms with E-state index < -0.39 is 10.0 Å². The van der Waals surface area contributed by atoms with E-state index in [9.17, 15) is 8.42 Å². The molecule has 106 valence electrons. The Morgan fingerprint density at radius 2 is 1.83 bits per heavy atom. The summed E-state index contributed by atoms with van der Waals surface area (Å²) in [5.41, 5.74) is 0. The first-order valence-electron chi connectivity index (χ1n) is 7.34. The van der Waals surface area contributed by atoms with Gasteiger partial charge in [-0.25, -0.2) is 12.7 Å². The lowest BCUT2D eigenvalue weighted by Crippen LogP contribution is -2.44. The highest BCUT2D eigenvalue weighted by Crippen LogP contribution is 2.25. The molecule has 5 heteroatoms. The number of rotatable bonds is 3. The van der Waals surface area contributed by atoms with Crippen LogP contribution in [0.1, 0.15) is 45.4 Å². The summed E-state index contributed by atoms with van der Waals surface area (Å²) >= 11 is 0. The maximum Gasteiger partial charge on any atom is 0.217 e. The second-order valence-corrected chi connectivity index (χ2v) is 7.81. The summed E-state index contributed by atoms with van der Waals surface area (Å²) in [6.45, 7) is 5.37. The molecule has 0 aromatic heterocycles. The minimum atomic E-state index is -3.05. The molecule has 1 atom stereocenters. The molecule has 0 radical (unpaired) electrons. The zero-order chi connectivity index (χ0) is 13.0. The van der Waals surface area contributed by atoms with Crippen LogP contribution in [0, 0.1) is 5.92 Å². The SMILES string of the molecule is CCC1CCCN(S(=O)(=O)C2CCNCC2)CC1. The van der Waals surface area contributed by atoms with Crippen molar-refractivity contribution in [1.29, 1.82) is 0 Å². The predicted octanol–water partition coefficient (Wildman–Crippen LogP) is 1.58. The third-order valence-electron chi connectivity index (χ3n) is 4.45. The van der Waals surface area contributed by atoms with Gasteiger partial charge in [0, 0.05) is 13.1 Å². The van der Waals surface area contributed by atoms with Gasteiger partial charge in [-0.05, 0) is 51.1 Å². The lowest BCUT2D eigenvalue weighted by atomic mass is 9.98. The fourth-order valence-corrected chi connectivity index (χ4v) is 5.10. The van der Waals surface area contributed by atoms with Crippen LogP contribution in [0.2, 0.25) is 0 Å². The summed E-state index contributed by atoms with van der Waals surface area (Å²) in [5, 5.41) is 3.09. The standard InChI is InChI=1S/C13H26N2O2S/c1-2-12-4-3-10-15(11-7-12)18(16,17)13-5-8-14-9-6-13/h12-14H,2-11H2,1H3. The van der Waals surface area contributed by atoms with Crippen LogP contribution in [-0.2, 0) is 10.0 Å². The molecule has 0 aliphatic carbocycles. The van der Waals surface area contributed by atoms with E-state index in [0.29, 0.717) is 0 Å². The van der Waals surface area contributed by atoms with E-state index in [1.165, 1.54) is 12.8 Å². The molecule has 0 bridgehead atoms. The summed E-state index contributed by atoms with van der Waals surface area (Å²) in [6, 6.07) is 0.